The zero-order valence-electron chi connectivity index (χ0n) is 12.2. The van der Waals surface area contributed by atoms with E-state index in [4.69, 9.17) is 4.74 Å². The van der Waals surface area contributed by atoms with E-state index in [1.807, 2.05) is 7.11 Å². The predicted molar refractivity (Wildman–Crippen MR) is 74.4 cm³/mol. The van der Waals surface area contributed by atoms with Gasteiger partial charge < -0.3 is 10.1 Å². The molecule has 0 spiro atoms. The summed E-state index contributed by atoms with van der Waals surface area (Å²) in [6.45, 7) is 7.91. The first-order valence-corrected chi connectivity index (χ1v) is 7.47. The minimum Gasteiger partial charge on any atom is -0.377 e. The average Bonchev–Trinajstić information content (AvgIpc) is 2.78. The van der Waals surface area contributed by atoms with Gasteiger partial charge in [-0.15, -0.1) is 0 Å². The summed E-state index contributed by atoms with van der Waals surface area (Å²) in [5.74, 6) is 0.802. The van der Waals surface area contributed by atoms with Crippen molar-refractivity contribution in [3.8, 4) is 0 Å². The van der Waals surface area contributed by atoms with Crippen LogP contribution >= 0.6 is 0 Å². The summed E-state index contributed by atoms with van der Waals surface area (Å²) >= 11 is 0. The second-order valence-electron chi connectivity index (χ2n) is 5.72. The lowest BCUT2D eigenvalue weighted by Crippen LogP contribution is -2.51. The Hall–Kier alpha value is -0.0800. The Morgan fingerprint density at radius 3 is 2.35 bits per heavy atom. The van der Waals surface area contributed by atoms with Gasteiger partial charge in [-0.1, -0.05) is 46.5 Å². The summed E-state index contributed by atoms with van der Waals surface area (Å²) in [4.78, 5) is 0. The molecule has 1 N–H and O–H groups in total. The molecule has 2 unspecified atom stereocenters. The van der Waals surface area contributed by atoms with Crippen molar-refractivity contribution in [2.45, 2.75) is 77.4 Å². The van der Waals surface area contributed by atoms with Crippen LogP contribution in [-0.4, -0.2) is 25.3 Å². The molecule has 0 amide bonds. The molecule has 0 bridgehead atoms. The van der Waals surface area contributed by atoms with Crippen molar-refractivity contribution in [2.24, 2.45) is 5.92 Å². The molecule has 2 atom stereocenters. The van der Waals surface area contributed by atoms with Crippen LogP contribution in [0.1, 0.15) is 65.7 Å². The molecule has 2 heteroatoms. The standard InChI is InChI=1S/C15H31NO/c1-5-9-13(3)12-14(16-6-2)15(17-4)10-7-8-11-15/h13-14,16H,5-12H2,1-4H3. The number of hydrogen-bond donors (Lipinski definition) is 1. The Bertz CT molecular complexity index is 199. The van der Waals surface area contributed by atoms with Gasteiger partial charge in [0, 0.05) is 13.2 Å². The van der Waals surface area contributed by atoms with Crippen molar-refractivity contribution >= 4 is 0 Å². The Morgan fingerprint density at radius 1 is 1.24 bits per heavy atom. The first-order valence-electron chi connectivity index (χ1n) is 7.47. The molecule has 0 aliphatic heterocycles. The highest BCUT2D eigenvalue weighted by molar-refractivity contribution is 4.97. The predicted octanol–water partition coefficient (Wildman–Crippen LogP) is 3.75. The molecule has 1 aliphatic rings. The van der Waals surface area contributed by atoms with Gasteiger partial charge in [0.15, 0.2) is 0 Å². The van der Waals surface area contributed by atoms with Crippen molar-refractivity contribution in [1.29, 1.82) is 0 Å². The largest absolute Gasteiger partial charge is 0.377 e. The number of hydrogen-bond acceptors (Lipinski definition) is 2. The van der Waals surface area contributed by atoms with E-state index in [9.17, 15) is 0 Å². The van der Waals surface area contributed by atoms with E-state index < -0.39 is 0 Å². The molecular weight excluding hydrogens is 210 g/mol. The Morgan fingerprint density at radius 2 is 1.88 bits per heavy atom. The third-order valence-electron chi connectivity index (χ3n) is 4.36. The van der Waals surface area contributed by atoms with Gasteiger partial charge in [0.1, 0.15) is 0 Å². The van der Waals surface area contributed by atoms with Gasteiger partial charge in [-0.25, -0.2) is 0 Å². The van der Waals surface area contributed by atoms with Crippen molar-refractivity contribution in [3.05, 3.63) is 0 Å². The summed E-state index contributed by atoms with van der Waals surface area (Å²) in [5, 5.41) is 3.68. The van der Waals surface area contributed by atoms with E-state index in [2.05, 4.69) is 26.1 Å². The summed E-state index contributed by atoms with van der Waals surface area (Å²) < 4.78 is 5.93. The van der Waals surface area contributed by atoms with Gasteiger partial charge in [-0.3, -0.25) is 0 Å². The lowest BCUT2D eigenvalue weighted by molar-refractivity contribution is -0.0410. The number of likely N-dealkylation sites (N-methyl/N-ethyl adjacent to an activating group) is 1. The van der Waals surface area contributed by atoms with Crippen molar-refractivity contribution < 1.29 is 4.74 Å². The van der Waals surface area contributed by atoms with Crippen LogP contribution in [0.5, 0.6) is 0 Å². The zero-order chi connectivity index (χ0) is 12.7. The lowest BCUT2D eigenvalue weighted by atomic mass is 9.84. The molecule has 0 aromatic rings. The zero-order valence-corrected chi connectivity index (χ0v) is 12.2. The number of methoxy groups -OCH3 is 1. The highest BCUT2D eigenvalue weighted by Gasteiger charge is 2.41. The summed E-state index contributed by atoms with van der Waals surface area (Å²) in [6, 6.07) is 0.543. The fourth-order valence-electron chi connectivity index (χ4n) is 3.41. The lowest BCUT2D eigenvalue weighted by Gasteiger charge is -2.38. The first kappa shape index (κ1) is 15.0. The van der Waals surface area contributed by atoms with Gasteiger partial charge in [0.05, 0.1) is 5.60 Å². The molecule has 0 aromatic carbocycles. The van der Waals surface area contributed by atoms with E-state index in [0.717, 1.165) is 12.5 Å². The van der Waals surface area contributed by atoms with E-state index in [1.165, 1.54) is 44.9 Å². The van der Waals surface area contributed by atoms with Gasteiger partial charge in [0.25, 0.3) is 0 Å². The molecular formula is C15H31NO. The van der Waals surface area contributed by atoms with Crippen molar-refractivity contribution in [2.75, 3.05) is 13.7 Å². The maximum atomic E-state index is 5.93. The molecule has 1 rings (SSSR count). The molecule has 1 saturated carbocycles. The Kier molecular flexibility index (Phi) is 6.50. The van der Waals surface area contributed by atoms with Crippen LogP contribution in [0.25, 0.3) is 0 Å². The summed E-state index contributed by atoms with van der Waals surface area (Å²) in [5.41, 5.74) is 0.123. The minimum absolute atomic E-state index is 0.123. The van der Waals surface area contributed by atoms with Crippen LogP contribution in [0.4, 0.5) is 0 Å². The van der Waals surface area contributed by atoms with Crippen LogP contribution in [-0.2, 0) is 4.74 Å². The quantitative estimate of drug-likeness (QED) is 0.699. The van der Waals surface area contributed by atoms with Crippen molar-refractivity contribution in [3.63, 3.8) is 0 Å². The normalized spacial score (nSPS) is 22.6. The molecule has 102 valence electrons. The molecule has 2 nitrogen and oxygen atoms in total. The fraction of sp³-hybridized carbons (Fsp3) is 1.00. The van der Waals surface area contributed by atoms with E-state index >= 15 is 0 Å². The SMILES string of the molecule is CCCC(C)CC(NCC)C1(OC)CCCC1. The maximum Gasteiger partial charge on any atom is 0.0831 e. The van der Waals surface area contributed by atoms with Crippen LogP contribution < -0.4 is 5.32 Å². The topological polar surface area (TPSA) is 21.3 Å². The summed E-state index contributed by atoms with van der Waals surface area (Å²) in [7, 11) is 1.90. The second-order valence-corrected chi connectivity index (χ2v) is 5.72. The molecule has 1 aliphatic carbocycles. The molecule has 0 saturated heterocycles. The van der Waals surface area contributed by atoms with Crippen LogP contribution in [0.3, 0.4) is 0 Å². The van der Waals surface area contributed by atoms with Crippen LogP contribution in [0.2, 0.25) is 0 Å². The number of rotatable bonds is 8. The van der Waals surface area contributed by atoms with E-state index in [1.54, 1.807) is 0 Å². The van der Waals surface area contributed by atoms with Gasteiger partial charge in [-0.2, -0.15) is 0 Å². The Balaban J connectivity index is 2.62. The molecule has 0 heterocycles. The molecule has 1 fully saturated rings. The van der Waals surface area contributed by atoms with Crippen LogP contribution in [0, 0.1) is 5.92 Å². The molecule has 0 aromatic heterocycles. The minimum atomic E-state index is 0.123. The molecule has 0 radical (unpaired) electrons. The van der Waals surface area contributed by atoms with Crippen molar-refractivity contribution in [1.82, 2.24) is 5.32 Å². The van der Waals surface area contributed by atoms with E-state index in [0.29, 0.717) is 6.04 Å². The third kappa shape index (κ3) is 3.96. The average molecular weight is 241 g/mol. The van der Waals surface area contributed by atoms with Gasteiger partial charge >= 0.3 is 0 Å². The van der Waals surface area contributed by atoms with Gasteiger partial charge in [0.2, 0.25) is 0 Å². The second kappa shape index (κ2) is 7.38. The maximum absolute atomic E-state index is 5.93. The molecule has 17 heavy (non-hydrogen) atoms. The highest BCUT2D eigenvalue weighted by Crippen LogP contribution is 2.38. The fourth-order valence-corrected chi connectivity index (χ4v) is 3.41. The smallest absolute Gasteiger partial charge is 0.0831 e. The highest BCUT2D eigenvalue weighted by atomic mass is 16.5. The van der Waals surface area contributed by atoms with Gasteiger partial charge in [-0.05, 0) is 31.7 Å². The Labute approximate surface area is 108 Å². The van der Waals surface area contributed by atoms with Crippen LogP contribution in [0.15, 0.2) is 0 Å². The monoisotopic (exact) mass is 241 g/mol. The number of nitrogens with one attached hydrogen (secondary N) is 1. The third-order valence-corrected chi connectivity index (χ3v) is 4.36. The number of ether oxygens (including phenoxy) is 1. The van der Waals surface area contributed by atoms with E-state index in [-0.39, 0.29) is 5.60 Å². The summed E-state index contributed by atoms with van der Waals surface area (Å²) in [6.07, 6.45) is 9.02. The first-order chi connectivity index (χ1) is 8.18.